The van der Waals surface area contributed by atoms with Gasteiger partial charge in [0.25, 0.3) is 5.91 Å². The lowest BCUT2D eigenvalue weighted by Crippen LogP contribution is -2.11. The number of carbonyl (C=O) groups is 1. The zero-order chi connectivity index (χ0) is 15.1. The molecule has 0 saturated carbocycles. The van der Waals surface area contributed by atoms with Crippen LogP contribution in [0.5, 0.6) is 5.75 Å². The molecule has 1 heterocycles. The molecule has 2 rings (SSSR count). The standard InChI is InChI=1S/C16H19N3O2/c1-3-12-21-14-7-4-13(5-8-14)6-9-15(20)18-16-17-10-11-19(16)2/h4-11H,3,12H2,1-2H3,(H,17,18,20)/b9-6+. The highest BCUT2D eigenvalue weighted by molar-refractivity contribution is 6.00. The molecule has 0 spiro atoms. The number of rotatable bonds is 6. The summed E-state index contributed by atoms with van der Waals surface area (Å²) in [7, 11) is 1.82. The van der Waals surface area contributed by atoms with Crippen LogP contribution in [0, 0.1) is 0 Å². The third-order valence-corrected chi connectivity index (χ3v) is 2.84. The average molecular weight is 285 g/mol. The summed E-state index contributed by atoms with van der Waals surface area (Å²) >= 11 is 0. The summed E-state index contributed by atoms with van der Waals surface area (Å²) in [6.45, 7) is 2.78. The Balaban J connectivity index is 1.91. The summed E-state index contributed by atoms with van der Waals surface area (Å²) in [5.41, 5.74) is 0.939. The van der Waals surface area contributed by atoms with Crippen LogP contribution in [0.25, 0.3) is 6.08 Å². The Kier molecular flexibility index (Phi) is 5.15. The molecule has 1 aromatic heterocycles. The van der Waals surface area contributed by atoms with Crippen molar-refractivity contribution in [3.63, 3.8) is 0 Å². The molecule has 1 N–H and O–H groups in total. The maximum Gasteiger partial charge on any atom is 0.250 e. The predicted molar refractivity (Wildman–Crippen MR) is 83.1 cm³/mol. The van der Waals surface area contributed by atoms with Gasteiger partial charge >= 0.3 is 0 Å². The van der Waals surface area contributed by atoms with Gasteiger partial charge in [0, 0.05) is 25.5 Å². The first-order chi connectivity index (χ1) is 10.2. The highest BCUT2D eigenvalue weighted by atomic mass is 16.5. The van der Waals surface area contributed by atoms with Gasteiger partial charge in [0.2, 0.25) is 5.95 Å². The summed E-state index contributed by atoms with van der Waals surface area (Å²) in [6.07, 6.45) is 7.62. The van der Waals surface area contributed by atoms with E-state index < -0.39 is 0 Å². The Morgan fingerprint density at radius 1 is 1.38 bits per heavy atom. The molecule has 0 aliphatic rings. The fourth-order valence-electron chi connectivity index (χ4n) is 1.70. The van der Waals surface area contributed by atoms with Crippen LogP contribution in [-0.4, -0.2) is 22.1 Å². The molecule has 1 amide bonds. The van der Waals surface area contributed by atoms with Crippen LogP contribution in [0.2, 0.25) is 0 Å². The summed E-state index contributed by atoms with van der Waals surface area (Å²) in [5.74, 6) is 1.15. The van der Waals surface area contributed by atoms with E-state index in [1.54, 1.807) is 23.0 Å². The van der Waals surface area contributed by atoms with E-state index in [2.05, 4.69) is 17.2 Å². The molecule has 0 fully saturated rings. The molecule has 0 unspecified atom stereocenters. The second kappa shape index (κ2) is 7.28. The predicted octanol–water partition coefficient (Wildman–Crippen LogP) is 2.86. The molecule has 0 atom stereocenters. The van der Waals surface area contributed by atoms with Crippen LogP contribution < -0.4 is 10.1 Å². The van der Waals surface area contributed by atoms with E-state index in [4.69, 9.17) is 4.74 Å². The number of aromatic nitrogens is 2. The molecule has 0 aliphatic carbocycles. The summed E-state index contributed by atoms with van der Waals surface area (Å²) in [4.78, 5) is 15.8. The van der Waals surface area contributed by atoms with Gasteiger partial charge in [-0.2, -0.15) is 0 Å². The number of ether oxygens (including phenoxy) is 1. The molecule has 5 nitrogen and oxygen atoms in total. The first-order valence-corrected chi connectivity index (χ1v) is 6.88. The van der Waals surface area contributed by atoms with Crippen molar-refractivity contribution in [2.24, 2.45) is 7.05 Å². The minimum atomic E-state index is -0.212. The number of aryl methyl sites for hydroxylation is 1. The van der Waals surface area contributed by atoms with Crippen LogP contribution in [0.15, 0.2) is 42.7 Å². The molecule has 1 aromatic carbocycles. The molecule has 0 radical (unpaired) electrons. The van der Waals surface area contributed by atoms with Gasteiger partial charge in [-0.1, -0.05) is 19.1 Å². The first-order valence-electron chi connectivity index (χ1n) is 6.88. The normalized spacial score (nSPS) is 10.8. The minimum Gasteiger partial charge on any atom is -0.494 e. The van der Waals surface area contributed by atoms with Gasteiger partial charge in [0.05, 0.1) is 6.61 Å². The van der Waals surface area contributed by atoms with Gasteiger partial charge in [-0.25, -0.2) is 4.98 Å². The topological polar surface area (TPSA) is 56.1 Å². The monoisotopic (exact) mass is 285 g/mol. The fraction of sp³-hybridized carbons (Fsp3) is 0.250. The van der Waals surface area contributed by atoms with Crippen LogP contribution in [0.4, 0.5) is 5.95 Å². The van der Waals surface area contributed by atoms with E-state index in [1.807, 2.05) is 31.3 Å². The van der Waals surface area contributed by atoms with E-state index in [-0.39, 0.29) is 5.91 Å². The molecule has 110 valence electrons. The summed E-state index contributed by atoms with van der Waals surface area (Å²) in [6, 6.07) is 7.61. The lowest BCUT2D eigenvalue weighted by atomic mass is 10.2. The Morgan fingerprint density at radius 3 is 2.76 bits per heavy atom. The lowest BCUT2D eigenvalue weighted by molar-refractivity contribution is -0.111. The second-order valence-electron chi connectivity index (χ2n) is 4.60. The van der Waals surface area contributed by atoms with Gasteiger partial charge < -0.3 is 9.30 Å². The molecular weight excluding hydrogens is 266 g/mol. The molecule has 0 saturated heterocycles. The molecule has 0 bridgehead atoms. The van der Waals surface area contributed by atoms with Crippen LogP contribution in [0.3, 0.4) is 0 Å². The van der Waals surface area contributed by atoms with Crippen molar-refractivity contribution >= 4 is 17.9 Å². The fourth-order valence-corrected chi connectivity index (χ4v) is 1.70. The zero-order valence-electron chi connectivity index (χ0n) is 12.2. The van der Waals surface area contributed by atoms with Crippen LogP contribution in [-0.2, 0) is 11.8 Å². The summed E-state index contributed by atoms with van der Waals surface area (Å²) < 4.78 is 7.25. The maximum absolute atomic E-state index is 11.8. The second-order valence-corrected chi connectivity index (χ2v) is 4.60. The number of hydrogen-bond donors (Lipinski definition) is 1. The zero-order valence-corrected chi connectivity index (χ0v) is 12.2. The van der Waals surface area contributed by atoms with Crippen molar-refractivity contribution in [1.82, 2.24) is 9.55 Å². The molecule has 21 heavy (non-hydrogen) atoms. The van der Waals surface area contributed by atoms with E-state index >= 15 is 0 Å². The number of amides is 1. The minimum absolute atomic E-state index is 0.212. The number of anilines is 1. The van der Waals surface area contributed by atoms with Crippen molar-refractivity contribution in [3.8, 4) is 5.75 Å². The van der Waals surface area contributed by atoms with Crippen molar-refractivity contribution in [3.05, 3.63) is 48.3 Å². The molecule has 0 aliphatic heterocycles. The van der Waals surface area contributed by atoms with E-state index in [9.17, 15) is 4.79 Å². The highest BCUT2D eigenvalue weighted by Crippen LogP contribution is 2.13. The SMILES string of the molecule is CCCOc1ccc(/C=C/C(=O)Nc2nccn2C)cc1. The van der Waals surface area contributed by atoms with Gasteiger partial charge in [0.1, 0.15) is 5.75 Å². The average Bonchev–Trinajstić information content (AvgIpc) is 2.89. The van der Waals surface area contributed by atoms with Crippen LogP contribution >= 0.6 is 0 Å². The number of nitrogens with zero attached hydrogens (tertiary/aromatic N) is 2. The van der Waals surface area contributed by atoms with Crippen LogP contribution in [0.1, 0.15) is 18.9 Å². The molecule has 2 aromatic rings. The number of carbonyl (C=O) groups excluding carboxylic acids is 1. The quantitative estimate of drug-likeness (QED) is 0.830. The Labute approximate surface area is 124 Å². The highest BCUT2D eigenvalue weighted by Gasteiger charge is 2.01. The Morgan fingerprint density at radius 2 is 2.14 bits per heavy atom. The molecule has 5 heteroatoms. The van der Waals surface area contributed by atoms with Gasteiger partial charge in [-0.15, -0.1) is 0 Å². The van der Waals surface area contributed by atoms with Crippen molar-refractivity contribution in [2.45, 2.75) is 13.3 Å². The van der Waals surface area contributed by atoms with Gasteiger partial charge in [0.15, 0.2) is 0 Å². The largest absolute Gasteiger partial charge is 0.494 e. The van der Waals surface area contributed by atoms with E-state index in [0.717, 1.165) is 17.7 Å². The summed E-state index contributed by atoms with van der Waals surface area (Å²) in [5, 5.41) is 2.70. The van der Waals surface area contributed by atoms with E-state index in [0.29, 0.717) is 12.6 Å². The Hall–Kier alpha value is -2.56. The Bertz CT molecular complexity index is 615. The van der Waals surface area contributed by atoms with Crippen molar-refractivity contribution in [2.75, 3.05) is 11.9 Å². The number of hydrogen-bond acceptors (Lipinski definition) is 3. The van der Waals surface area contributed by atoms with E-state index in [1.165, 1.54) is 6.08 Å². The van der Waals surface area contributed by atoms with Gasteiger partial charge in [-0.3, -0.25) is 10.1 Å². The van der Waals surface area contributed by atoms with Crippen molar-refractivity contribution < 1.29 is 9.53 Å². The number of imidazole rings is 1. The third kappa shape index (κ3) is 4.49. The van der Waals surface area contributed by atoms with Gasteiger partial charge in [-0.05, 0) is 30.2 Å². The maximum atomic E-state index is 11.8. The number of nitrogens with one attached hydrogen (secondary N) is 1. The first kappa shape index (κ1) is 14.8. The number of benzene rings is 1. The third-order valence-electron chi connectivity index (χ3n) is 2.84. The van der Waals surface area contributed by atoms with Crippen molar-refractivity contribution in [1.29, 1.82) is 0 Å². The molecular formula is C16H19N3O2. The smallest absolute Gasteiger partial charge is 0.250 e. The lowest BCUT2D eigenvalue weighted by Gasteiger charge is -2.04.